The molecule has 0 atom stereocenters. The predicted octanol–water partition coefficient (Wildman–Crippen LogP) is 2.67. The maximum atomic E-state index is 6.11. The van der Waals surface area contributed by atoms with Gasteiger partial charge < -0.3 is 10.6 Å². The van der Waals surface area contributed by atoms with Gasteiger partial charge in [0.2, 0.25) is 0 Å². The molecular weight excluding hydrogens is 277 g/mol. The second-order valence-electron chi connectivity index (χ2n) is 4.03. The van der Waals surface area contributed by atoms with Crippen LogP contribution in [-0.2, 0) is 0 Å². The molecule has 0 radical (unpaired) electrons. The lowest BCUT2D eigenvalue weighted by Crippen LogP contribution is -2.47. The minimum Gasteiger partial charge on any atom is -0.352 e. The van der Waals surface area contributed by atoms with Crippen LogP contribution in [0, 0.1) is 0 Å². The molecule has 1 heterocycles. The summed E-state index contributed by atoms with van der Waals surface area (Å²) in [6.07, 6.45) is 1.73. The van der Waals surface area contributed by atoms with E-state index in [1.54, 1.807) is 6.20 Å². The Hall–Kier alpha value is -0.320. The molecule has 1 aromatic heterocycles. The predicted molar refractivity (Wildman–Crippen MR) is 68.5 cm³/mol. The van der Waals surface area contributed by atoms with E-state index in [4.69, 9.17) is 17.3 Å². The Morgan fingerprint density at radius 1 is 1.60 bits per heavy atom. The Morgan fingerprint density at radius 2 is 2.20 bits per heavy atom. The summed E-state index contributed by atoms with van der Waals surface area (Å²) in [5.74, 6) is 0.746. The van der Waals surface area contributed by atoms with E-state index in [0.717, 1.165) is 10.3 Å². The van der Waals surface area contributed by atoms with Crippen LogP contribution in [0.25, 0.3) is 0 Å². The summed E-state index contributed by atoms with van der Waals surface area (Å²) in [5, 5.41) is 0.619. The largest absolute Gasteiger partial charge is 0.352 e. The molecule has 0 aliphatic rings. The van der Waals surface area contributed by atoms with E-state index in [-0.39, 0.29) is 5.54 Å². The molecule has 1 aromatic rings. The van der Waals surface area contributed by atoms with Crippen molar-refractivity contribution in [1.29, 1.82) is 0 Å². The highest BCUT2D eigenvalue weighted by atomic mass is 79.9. The fourth-order valence-corrected chi connectivity index (χ4v) is 1.83. The summed E-state index contributed by atoms with van der Waals surface area (Å²) < 4.78 is 0.871. The van der Waals surface area contributed by atoms with Crippen LogP contribution in [0.2, 0.25) is 5.02 Å². The number of nitrogens with two attached hydrogens (primary N) is 1. The molecular formula is C10H15BrClN3. The summed E-state index contributed by atoms with van der Waals surface area (Å²) in [5.41, 5.74) is 5.54. The normalized spacial score (nSPS) is 11.6. The average Bonchev–Trinajstić information content (AvgIpc) is 2.17. The molecule has 2 N–H and O–H groups in total. The van der Waals surface area contributed by atoms with Gasteiger partial charge in [0.25, 0.3) is 0 Å². The van der Waals surface area contributed by atoms with Crippen LogP contribution in [0.4, 0.5) is 5.82 Å². The first-order valence-corrected chi connectivity index (χ1v) is 5.80. The van der Waals surface area contributed by atoms with Gasteiger partial charge in [-0.05, 0) is 35.8 Å². The van der Waals surface area contributed by atoms with Crippen molar-refractivity contribution < 1.29 is 0 Å². The zero-order valence-corrected chi connectivity index (χ0v) is 11.4. The van der Waals surface area contributed by atoms with Crippen LogP contribution in [-0.4, -0.2) is 24.1 Å². The SMILES string of the molecule is CN(c1ncc(Br)cc1Cl)C(C)(C)CN. The monoisotopic (exact) mass is 291 g/mol. The number of aromatic nitrogens is 1. The van der Waals surface area contributed by atoms with E-state index in [0.29, 0.717) is 11.6 Å². The highest BCUT2D eigenvalue weighted by Gasteiger charge is 2.24. The highest BCUT2D eigenvalue weighted by Crippen LogP contribution is 2.29. The molecule has 0 aliphatic heterocycles. The maximum absolute atomic E-state index is 6.11. The highest BCUT2D eigenvalue weighted by molar-refractivity contribution is 9.10. The molecule has 0 fully saturated rings. The van der Waals surface area contributed by atoms with Crippen molar-refractivity contribution >= 4 is 33.3 Å². The van der Waals surface area contributed by atoms with Crippen LogP contribution in [0.1, 0.15) is 13.8 Å². The second-order valence-corrected chi connectivity index (χ2v) is 5.36. The number of nitrogens with zero attached hydrogens (tertiary/aromatic N) is 2. The molecule has 15 heavy (non-hydrogen) atoms. The first-order valence-electron chi connectivity index (χ1n) is 4.63. The van der Waals surface area contributed by atoms with Crippen LogP contribution in [0.15, 0.2) is 16.7 Å². The number of anilines is 1. The van der Waals surface area contributed by atoms with Gasteiger partial charge in [-0.3, -0.25) is 0 Å². The third-order valence-corrected chi connectivity index (χ3v) is 3.23. The molecule has 0 amide bonds. The molecule has 0 saturated carbocycles. The lowest BCUT2D eigenvalue weighted by molar-refractivity contribution is 0.495. The quantitative estimate of drug-likeness (QED) is 0.931. The first-order chi connectivity index (χ1) is 6.88. The topological polar surface area (TPSA) is 42.2 Å². The van der Waals surface area contributed by atoms with E-state index in [2.05, 4.69) is 20.9 Å². The molecule has 1 rings (SSSR count). The summed E-state index contributed by atoms with van der Waals surface area (Å²) in [6.45, 7) is 4.64. The standard InChI is InChI=1S/C10H15BrClN3/c1-10(2,6-13)15(3)9-8(12)4-7(11)5-14-9/h4-5H,6,13H2,1-3H3. The molecule has 0 aliphatic carbocycles. The van der Waals surface area contributed by atoms with E-state index < -0.39 is 0 Å². The Bertz CT molecular complexity index is 355. The number of pyridine rings is 1. The van der Waals surface area contributed by atoms with Crippen LogP contribution < -0.4 is 10.6 Å². The van der Waals surface area contributed by atoms with Gasteiger partial charge in [-0.2, -0.15) is 0 Å². The lowest BCUT2D eigenvalue weighted by atomic mass is 10.0. The first kappa shape index (κ1) is 12.7. The smallest absolute Gasteiger partial charge is 0.147 e. The third kappa shape index (κ3) is 2.83. The molecule has 5 heteroatoms. The van der Waals surface area contributed by atoms with Crippen LogP contribution in [0.5, 0.6) is 0 Å². The summed E-state index contributed by atoms with van der Waals surface area (Å²) in [4.78, 5) is 6.27. The van der Waals surface area contributed by atoms with Gasteiger partial charge in [0.1, 0.15) is 5.82 Å². The molecule has 0 unspecified atom stereocenters. The fraction of sp³-hybridized carbons (Fsp3) is 0.500. The van der Waals surface area contributed by atoms with Crippen molar-refractivity contribution in [3.63, 3.8) is 0 Å². The lowest BCUT2D eigenvalue weighted by Gasteiger charge is -2.35. The van der Waals surface area contributed by atoms with Crippen molar-refractivity contribution in [2.75, 3.05) is 18.5 Å². The van der Waals surface area contributed by atoms with Crippen molar-refractivity contribution in [2.24, 2.45) is 5.73 Å². The number of hydrogen-bond donors (Lipinski definition) is 1. The van der Waals surface area contributed by atoms with Gasteiger partial charge in [0.05, 0.1) is 5.02 Å². The number of likely N-dealkylation sites (N-methyl/N-ethyl adjacent to an activating group) is 1. The Labute approximate surface area is 104 Å². The van der Waals surface area contributed by atoms with Gasteiger partial charge in [-0.15, -0.1) is 0 Å². The van der Waals surface area contributed by atoms with Gasteiger partial charge in [-0.1, -0.05) is 11.6 Å². The van der Waals surface area contributed by atoms with E-state index in [9.17, 15) is 0 Å². The number of halogens is 2. The van der Waals surface area contributed by atoms with Crippen molar-refractivity contribution in [3.05, 3.63) is 21.8 Å². The van der Waals surface area contributed by atoms with E-state index >= 15 is 0 Å². The Balaban J connectivity index is 3.06. The summed E-state index contributed by atoms with van der Waals surface area (Å²) >= 11 is 9.44. The van der Waals surface area contributed by atoms with Crippen molar-refractivity contribution in [1.82, 2.24) is 4.98 Å². The minimum absolute atomic E-state index is 0.162. The Kier molecular flexibility index (Phi) is 3.98. The molecule has 0 spiro atoms. The average molecular weight is 293 g/mol. The second kappa shape index (κ2) is 4.68. The van der Waals surface area contributed by atoms with Crippen molar-refractivity contribution in [3.8, 4) is 0 Å². The number of hydrogen-bond acceptors (Lipinski definition) is 3. The van der Waals surface area contributed by atoms with Crippen LogP contribution >= 0.6 is 27.5 Å². The summed E-state index contributed by atoms with van der Waals surface area (Å²) in [7, 11) is 1.94. The van der Waals surface area contributed by atoms with Crippen LogP contribution in [0.3, 0.4) is 0 Å². The minimum atomic E-state index is -0.162. The zero-order valence-electron chi connectivity index (χ0n) is 9.09. The van der Waals surface area contributed by atoms with E-state index in [1.165, 1.54) is 0 Å². The molecule has 0 aromatic carbocycles. The molecule has 3 nitrogen and oxygen atoms in total. The van der Waals surface area contributed by atoms with Gasteiger partial charge in [0, 0.05) is 29.8 Å². The van der Waals surface area contributed by atoms with E-state index in [1.807, 2.05) is 31.9 Å². The molecule has 84 valence electrons. The summed E-state index contributed by atoms with van der Waals surface area (Å²) in [6, 6.07) is 1.83. The maximum Gasteiger partial charge on any atom is 0.147 e. The fourth-order valence-electron chi connectivity index (χ4n) is 1.08. The number of rotatable bonds is 3. The molecule has 0 saturated heterocycles. The van der Waals surface area contributed by atoms with Gasteiger partial charge in [0.15, 0.2) is 0 Å². The van der Waals surface area contributed by atoms with Gasteiger partial charge in [-0.25, -0.2) is 4.98 Å². The van der Waals surface area contributed by atoms with Crippen molar-refractivity contribution in [2.45, 2.75) is 19.4 Å². The molecule has 0 bridgehead atoms. The van der Waals surface area contributed by atoms with Gasteiger partial charge >= 0.3 is 0 Å². The third-order valence-electron chi connectivity index (χ3n) is 2.51. The zero-order chi connectivity index (χ0) is 11.6. The Morgan fingerprint density at radius 3 is 2.67 bits per heavy atom.